The molecule has 164 valence electrons. The summed E-state index contributed by atoms with van der Waals surface area (Å²) in [6.45, 7) is 8.03. The Bertz CT molecular complexity index is 778. The van der Waals surface area contributed by atoms with Crippen molar-refractivity contribution in [3.63, 3.8) is 0 Å². The van der Waals surface area contributed by atoms with Crippen LogP contribution < -0.4 is 10.1 Å². The zero-order chi connectivity index (χ0) is 21.5. The fourth-order valence-electron chi connectivity index (χ4n) is 4.72. The molecule has 0 unspecified atom stereocenters. The van der Waals surface area contributed by atoms with Gasteiger partial charge in [-0.25, -0.2) is 0 Å². The summed E-state index contributed by atoms with van der Waals surface area (Å²) in [6.07, 6.45) is 7.52. The summed E-state index contributed by atoms with van der Waals surface area (Å²) in [4.78, 5) is 0. The molecule has 30 heavy (non-hydrogen) atoms. The number of unbranched alkanes of at least 4 members (excludes halogenated alkanes) is 1. The SMILES string of the molecule is CC#CC[C@H](C)[C@H](O)/C=C/[C@@H]1[C@H]2c3cccc(CCCCNCC)c3O[C@H]2C[C@H]1O. The number of benzene rings is 1. The topological polar surface area (TPSA) is 61.7 Å². The molecule has 3 rings (SSSR count). The molecule has 1 aromatic rings. The lowest BCUT2D eigenvalue weighted by molar-refractivity contribution is 0.134. The summed E-state index contributed by atoms with van der Waals surface area (Å²) in [5.41, 5.74) is 2.50. The Morgan fingerprint density at radius 2 is 2.17 bits per heavy atom. The number of hydrogen-bond acceptors (Lipinski definition) is 4. The Morgan fingerprint density at radius 1 is 1.33 bits per heavy atom. The molecule has 4 nitrogen and oxygen atoms in total. The molecule has 1 fully saturated rings. The van der Waals surface area contributed by atoms with Crippen LogP contribution in [-0.4, -0.2) is 41.6 Å². The fourth-order valence-corrected chi connectivity index (χ4v) is 4.72. The van der Waals surface area contributed by atoms with Gasteiger partial charge in [-0.1, -0.05) is 44.2 Å². The number of aliphatic hydroxyl groups excluding tert-OH is 2. The van der Waals surface area contributed by atoms with Gasteiger partial charge in [-0.2, -0.15) is 0 Å². The molecule has 1 aliphatic carbocycles. The number of fused-ring (bicyclic) bond motifs is 3. The molecule has 4 heteroatoms. The molecule has 1 aromatic carbocycles. The van der Waals surface area contributed by atoms with E-state index in [1.54, 1.807) is 0 Å². The van der Waals surface area contributed by atoms with Crippen molar-refractivity contribution < 1.29 is 14.9 Å². The average molecular weight is 412 g/mol. The van der Waals surface area contributed by atoms with Crippen molar-refractivity contribution in [3.05, 3.63) is 41.5 Å². The van der Waals surface area contributed by atoms with Crippen LogP contribution in [-0.2, 0) is 6.42 Å². The highest BCUT2D eigenvalue weighted by molar-refractivity contribution is 5.49. The van der Waals surface area contributed by atoms with E-state index in [4.69, 9.17) is 4.74 Å². The molecule has 0 saturated heterocycles. The van der Waals surface area contributed by atoms with Gasteiger partial charge in [-0.15, -0.1) is 11.8 Å². The van der Waals surface area contributed by atoms with Crippen LogP contribution in [0.5, 0.6) is 5.75 Å². The summed E-state index contributed by atoms with van der Waals surface area (Å²) in [6, 6.07) is 6.45. The van der Waals surface area contributed by atoms with E-state index in [-0.39, 0.29) is 23.9 Å². The predicted molar refractivity (Wildman–Crippen MR) is 122 cm³/mol. The molecule has 1 heterocycles. The molecule has 0 amide bonds. The molecule has 0 bridgehead atoms. The molecule has 6 atom stereocenters. The fraction of sp³-hybridized carbons (Fsp3) is 0.615. The maximum atomic E-state index is 10.7. The van der Waals surface area contributed by atoms with Gasteiger partial charge in [0.25, 0.3) is 0 Å². The van der Waals surface area contributed by atoms with Crippen molar-refractivity contribution in [3.8, 4) is 17.6 Å². The van der Waals surface area contributed by atoms with Gasteiger partial charge in [-0.3, -0.25) is 0 Å². The molecule has 0 aromatic heterocycles. The second-order valence-corrected chi connectivity index (χ2v) is 8.69. The third kappa shape index (κ3) is 5.27. The number of hydrogen-bond donors (Lipinski definition) is 3. The number of aliphatic hydroxyl groups is 2. The Labute approximate surface area is 181 Å². The summed E-state index contributed by atoms with van der Waals surface area (Å²) in [7, 11) is 0. The van der Waals surface area contributed by atoms with Crippen LogP contribution in [0, 0.1) is 23.7 Å². The van der Waals surface area contributed by atoms with Crippen molar-refractivity contribution in [1.82, 2.24) is 5.32 Å². The lowest BCUT2D eigenvalue weighted by atomic mass is 9.86. The molecular weight excluding hydrogens is 374 g/mol. The lowest BCUT2D eigenvalue weighted by Gasteiger charge is -2.19. The summed E-state index contributed by atoms with van der Waals surface area (Å²) in [5.74, 6) is 7.15. The van der Waals surface area contributed by atoms with Crippen LogP contribution in [0.25, 0.3) is 0 Å². The number of rotatable bonds is 10. The first-order valence-electron chi connectivity index (χ1n) is 11.5. The monoisotopic (exact) mass is 411 g/mol. The number of aryl methyl sites for hydroxylation is 1. The van der Waals surface area contributed by atoms with Crippen LogP contribution in [0.15, 0.2) is 30.4 Å². The van der Waals surface area contributed by atoms with E-state index in [1.165, 1.54) is 11.1 Å². The van der Waals surface area contributed by atoms with E-state index in [2.05, 4.69) is 42.3 Å². The minimum absolute atomic E-state index is 0.0214. The molecule has 1 saturated carbocycles. The third-order valence-corrected chi connectivity index (χ3v) is 6.50. The van der Waals surface area contributed by atoms with Crippen LogP contribution in [0.2, 0.25) is 0 Å². The summed E-state index contributed by atoms with van der Waals surface area (Å²) >= 11 is 0. The van der Waals surface area contributed by atoms with E-state index in [9.17, 15) is 10.2 Å². The van der Waals surface area contributed by atoms with Gasteiger partial charge in [0.2, 0.25) is 0 Å². The van der Waals surface area contributed by atoms with E-state index >= 15 is 0 Å². The zero-order valence-corrected chi connectivity index (χ0v) is 18.6. The van der Waals surface area contributed by atoms with E-state index in [1.807, 2.05) is 26.0 Å². The van der Waals surface area contributed by atoms with E-state index in [0.717, 1.165) is 38.1 Å². The quantitative estimate of drug-likeness (QED) is 0.311. The van der Waals surface area contributed by atoms with Crippen molar-refractivity contribution in [2.24, 2.45) is 11.8 Å². The molecule has 0 radical (unpaired) electrons. The number of nitrogens with one attached hydrogen (secondary N) is 1. The lowest BCUT2D eigenvalue weighted by Crippen LogP contribution is -2.19. The number of ether oxygens (including phenoxy) is 1. The third-order valence-electron chi connectivity index (χ3n) is 6.50. The Balaban J connectivity index is 1.69. The minimum atomic E-state index is -0.554. The largest absolute Gasteiger partial charge is 0.489 e. The maximum Gasteiger partial charge on any atom is 0.126 e. The molecule has 2 aliphatic rings. The molecule has 1 aliphatic heterocycles. The minimum Gasteiger partial charge on any atom is -0.489 e. The van der Waals surface area contributed by atoms with Crippen LogP contribution in [0.4, 0.5) is 0 Å². The van der Waals surface area contributed by atoms with Gasteiger partial charge < -0.3 is 20.3 Å². The smallest absolute Gasteiger partial charge is 0.126 e. The maximum absolute atomic E-state index is 10.7. The van der Waals surface area contributed by atoms with Crippen LogP contribution >= 0.6 is 0 Å². The van der Waals surface area contributed by atoms with Crippen molar-refractivity contribution in [1.29, 1.82) is 0 Å². The van der Waals surface area contributed by atoms with Crippen LogP contribution in [0.1, 0.15) is 63.5 Å². The van der Waals surface area contributed by atoms with Gasteiger partial charge in [0.15, 0.2) is 0 Å². The first kappa shape index (κ1) is 22.9. The van der Waals surface area contributed by atoms with Crippen molar-refractivity contribution in [2.45, 2.75) is 77.1 Å². The summed E-state index contributed by atoms with van der Waals surface area (Å²) in [5, 5.41) is 24.5. The van der Waals surface area contributed by atoms with Crippen molar-refractivity contribution in [2.75, 3.05) is 13.1 Å². The Morgan fingerprint density at radius 3 is 2.93 bits per heavy atom. The highest BCUT2D eigenvalue weighted by atomic mass is 16.5. The highest BCUT2D eigenvalue weighted by Crippen LogP contribution is 2.52. The molecular formula is C26H37NO3. The van der Waals surface area contributed by atoms with E-state index < -0.39 is 12.2 Å². The molecule has 0 spiro atoms. The van der Waals surface area contributed by atoms with Crippen molar-refractivity contribution >= 4 is 0 Å². The average Bonchev–Trinajstić information content (AvgIpc) is 3.25. The standard InChI is InChI=1S/C26H37NO3/c1-4-6-10-18(3)22(28)15-14-20-23(29)17-24-25(20)21-13-9-12-19(26(21)30-24)11-7-8-16-27-5-2/h9,12-15,18,20,22-25,27-29H,5,7-8,10-11,16-17H2,1-3H3/b15-14+/t18-,20-,22+,23+,24-,25-/m0/s1. The van der Waals surface area contributed by atoms with Gasteiger partial charge in [0.05, 0.1) is 12.2 Å². The molecule has 3 N–H and O–H groups in total. The Kier molecular flexibility index (Phi) is 8.39. The zero-order valence-electron chi connectivity index (χ0n) is 18.6. The van der Waals surface area contributed by atoms with Gasteiger partial charge in [0, 0.05) is 30.2 Å². The van der Waals surface area contributed by atoms with E-state index in [0.29, 0.717) is 12.8 Å². The predicted octanol–water partition coefficient (Wildman–Crippen LogP) is 3.81. The first-order valence-corrected chi connectivity index (χ1v) is 11.5. The Hall–Kier alpha value is -1.80. The van der Waals surface area contributed by atoms with Gasteiger partial charge in [-0.05, 0) is 50.8 Å². The highest BCUT2D eigenvalue weighted by Gasteiger charge is 2.48. The second kappa shape index (κ2) is 11.0. The second-order valence-electron chi connectivity index (χ2n) is 8.69. The normalized spacial score (nSPS) is 26.6. The van der Waals surface area contributed by atoms with Gasteiger partial charge in [0.1, 0.15) is 11.9 Å². The van der Waals surface area contributed by atoms with Crippen LogP contribution in [0.3, 0.4) is 0 Å². The first-order chi connectivity index (χ1) is 14.6. The van der Waals surface area contributed by atoms with Gasteiger partial charge >= 0.3 is 0 Å². The summed E-state index contributed by atoms with van der Waals surface area (Å²) < 4.78 is 6.36. The number of para-hydroxylation sites is 1.